The van der Waals surface area contributed by atoms with Crippen LogP contribution in [0.1, 0.15) is 17.5 Å². The minimum Gasteiger partial charge on any atom is -0.497 e. The second kappa shape index (κ2) is 8.02. The first-order valence-electron chi connectivity index (χ1n) is 8.75. The van der Waals surface area contributed by atoms with Crippen LogP contribution in [0.25, 0.3) is 10.9 Å². The van der Waals surface area contributed by atoms with Gasteiger partial charge >= 0.3 is 12.1 Å². The summed E-state index contributed by atoms with van der Waals surface area (Å²) in [6.45, 7) is 0. The van der Waals surface area contributed by atoms with Gasteiger partial charge in [0.1, 0.15) is 5.75 Å². The molecule has 30 heavy (non-hydrogen) atoms. The van der Waals surface area contributed by atoms with Crippen LogP contribution >= 0.6 is 0 Å². The van der Waals surface area contributed by atoms with Crippen molar-refractivity contribution < 1.29 is 35.9 Å². The predicted octanol–water partition coefficient (Wildman–Crippen LogP) is 4.01. The number of nitrogens with zero attached hydrogens (tertiary/aromatic N) is 1. The summed E-state index contributed by atoms with van der Waals surface area (Å²) in [5, 5.41) is 0.550. The molecule has 0 bridgehead atoms. The van der Waals surface area contributed by atoms with E-state index in [0.717, 1.165) is 28.2 Å². The predicted molar refractivity (Wildman–Crippen MR) is 103 cm³/mol. The van der Waals surface area contributed by atoms with E-state index in [4.69, 9.17) is 4.74 Å². The van der Waals surface area contributed by atoms with Crippen LogP contribution in [-0.2, 0) is 32.2 Å². The zero-order chi connectivity index (χ0) is 22.1. The summed E-state index contributed by atoms with van der Waals surface area (Å²) in [5.74, 6) is 0.0379. The number of aromatic nitrogens is 1. The van der Waals surface area contributed by atoms with Crippen molar-refractivity contribution >= 4 is 26.9 Å². The van der Waals surface area contributed by atoms with Crippen LogP contribution in [0.15, 0.2) is 53.6 Å². The average Bonchev–Trinajstić information content (AvgIpc) is 3.10. The summed E-state index contributed by atoms with van der Waals surface area (Å²) >= 11 is 0. The Morgan fingerprint density at radius 2 is 1.73 bits per heavy atom. The number of carbonyl (C=O) groups is 1. The van der Waals surface area contributed by atoms with E-state index in [1.165, 1.54) is 26.5 Å². The minimum absolute atomic E-state index is 0.0349. The van der Waals surface area contributed by atoms with E-state index in [2.05, 4.69) is 4.74 Å². The molecule has 0 atom stereocenters. The quantitative estimate of drug-likeness (QED) is 0.541. The van der Waals surface area contributed by atoms with E-state index in [9.17, 15) is 26.4 Å². The van der Waals surface area contributed by atoms with Gasteiger partial charge in [-0.25, -0.2) is 12.4 Å². The topological polar surface area (TPSA) is 74.6 Å². The van der Waals surface area contributed by atoms with Gasteiger partial charge in [0.15, 0.2) is 0 Å². The highest BCUT2D eigenvalue weighted by Crippen LogP contribution is 2.32. The SMILES string of the molecule is COC(=O)CCc1cn(S(=O)(=O)c2ccc(C(F)(F)F)cc2)c2ccc(OC)cc12. The lowest BCUT2D eigenvalue weighted by Crippen LogP contribution is -2.13. The van der Waals surface area contributed by atoms with Gasteiger partial charge in [0, 0.05) is 18.0 Å². The van der Waals surface area contributed by atoms with Crippen LogP contribution < -0.4 is 4.74 Å². The maximum Gasteiger partial charge on any atom is 0.416 e. The first kappa shape index (κ1) is 21.7. The van der Waals surface area contributed by atoms with Crippen LogP contribution in [0, 0.1) is 0 Å². The lowest BCUT2D eigenvalue weighted by Gasteiger charge is -2.10. The fourth-order valence-electron chi connectivity index (χ4n) is 3.04. The Bertz CT molecular complexity index is 1180. The Morgan fingerprint density at radius 3 is 2.30 bits per heavy atom. The molecule has 0 aliphatic heterocycles. The van der Waals surface area contributed by atoms with Gasteiger partial charge < -0.3 is 9.47 Å². The Balaban J connectivity index is 2.10. The standard InChI is InChI=1S/C20H18F3NO5S/c1-28-15-6-9-18-17(11-15)13(3-10-19(25)29-2)12-24(18)30(26,27)16-7-4-14(5-8-16)20(21,22)23/h4-9,11-12H,3,10H2,1-2H3. The highest BCUT2D eigenvalue weighted by Gasteiger charge is 2.31. The van der Waals surface area contributed by atoms with Gasteiger partial charge in [0.2, 0.25) is 0 Å². The van der Waals surface area contributed by atoms with Gasteiger partial charge in [-0.15, -0.1) is 0 Å². The van der Waals surface area contributed by atoms with Crippen LogP contribution in [0.5, 0.6) is 5.75 Å². The molecule has 0 saturated carbocycles. The zero-order valence-corrected chi connectivity index (χ0v) is 16.9. The van der Waals surface area contributed by atoms with Gasteiger partial charge in [0.05, 0.1) is 30.2 Å². The molecule has 6 nitrogen and oxygen atoms in total. The smallest absolute Gasteiger partial charge is 0.416 e. The monoisotopic (exact) mass is 441 g/mol. The Kier molecular flexibility index (Phi) is 5.80. The van der Waals surface area contributed by atoms with Crippen LogP contribution in [0.4, 0.5) is 13.2 Å². The summed E-state index contributed by atoms with van der Waals surface area (Å²) in [6.07, 6.45) is -2.96. The molecule has 3 aromatic rings. The minimum atomic E-state index is -4.57. The fraction of sp³-hybridized carbons (Fsp3) is 0.250. The molecule has 10 heteroatoms. The number of halogens is 3. The molecule has 1 heterocycles. The average molecular weight is 441 g/mol. The van der Waals surface area contributed by atoms with Crippen molar-refractivity contribution in [3.8, 4) is 5.75 Å². The maximum atomic E-state index is 13.1. The van der Waals surface area contributed by atoms with Crippen molar-refractivity contribution in [3.63, 3.8) is 0 Å². The zero-order valence-electron chi connectivity index (χ0n) is 16.1. The number of hydrogen-bond donors (Lipinski definition) is 0. The van der Waals surface area contributed by atoms with Crippen LogP contribution in [-0.4, -0.2) is 32.6 Å². The number of ether oxygens (including phenoxy) is 2. The molecule has 2 aromatic carbocycles. The normalized spacial score (nSPS) is 12.2. The number of rotatable bonds is 6. The number of hydrogen-bond acceptors (Lipinski definition) is 5. The highest BCUT2D eigenvalue weighted by atomic mass is 32.2. The van der Waals surface area contributed by atoms with Gasteiger partial charge in [-0.1, -0.05) is 0 Å². The molecule has 0 N–H and O–H groups in total. The summed E-state index contributed by atoms with van der Waals surface area (Å²) < 4.78 is 75.5. The van der Waals surface area contributed by atoms with E-state index < -0.39 is 27.7 Å². The summed E-state index contributed by atoms with van der Waals surface area (Å²) in [6, 6.07) is 8.03. The van der Waals surface area contributed by atoms with E-state index in [1.54, 1.807) is 12.1 Å². The third-order valence-corrected chi connectivity index (χ3v) is 6.31. The van der Waals surface area contributed by atoms with Crippen molar-refractivity contribution in [1.29, 1.82) is 0 Å². The number of aryl methyl sites for hydroxylation is 1. The molecule has 3 rings (SSSR count). The highest BCUT2D eigenvalue weighted by molar-refractivity contribution is 7.90. The molecule has 0 aliphatic rings. The second-order valence-electron chi connectivity index (χ2n) is 6.44. The summed E-state index contributed by atoms with van der Waals surface area (Å²) in [7, 11) is -1.46. The van der Waals surface area contributed by atoms with Crippen LogP contribution in [0.2, 0.25) is 0 Å². The van der Waals surface area contributed by atoms with Gasteiger partial charge in [-0.05, 0) is 54.4 Å². The number of methoxy groups -OCH3 is 2. The molecule has 0 amide bonds. The number of alkyl halides is 3. The van der Waals surface area contributed by atoms with E-state index in [1.807, 2.05) is 0 Å². The van der Waals surface area contributed by atoms with Crippen molar-refractivity contribution in [2.45, 2.75) is 23.9 Å². The van der Waals surface area contributed by atoms with Gasteiger partial charge in [-0.2, -0.15) is 13.2 Å². The van der Waals surface area contributed by atoms with Gasteiger partial charge in [-0.3, -0.25) is 4.79 Å². The first-order valence-corrected chi connectivity index (χ1v) is 10.2. The first-order chi connectivity index (χ1) is 14.1. The number of fused-ring (bicyclic) bond motifs is 1. The molecule has 0 spiro atoms. The van der Waals surface area contributed by atoms with Crippen LogP contribution in [0.3, 0.4) is 0 Å². The summed E-state index contributed by atoms with van der Waals surface area (Å²) in [4.78, 5) is 11.2. The molecule has 0 fully saturated rings. The fourth-order valence-corrected chi connectivity index (χ4v) is 4.43. The third kappa shape index (κ3) is 4.13. The van der Waals surface area contributed by atoms with Crippen molar-refractivity contribution in [3.05, 3.63) is 59.8 Å². The molecule has 0 unspecified atom stereocenters. The number of benzene rings is 2. The maximum absolute atomic E-state index is 13.1. The largest absolute Gasteiger partial charge is 0.497 e. The molecule has 1 aromatic heterocycles. The molecule has 160 valence electrons. The lowest BCUT2D eigenvalue weighted by molar-refractivity contribution is -0.140. The van der Waals surface area contributed by atoms with E-state index in [0.29, 0.717) is 22.2 Å². The molecule has 0 saturated heterocycles. The van der Waals surface area contributed by atoms with Crippen molar-refractivity contribution in [2.24, 2.45) is 0 Å². The Hall–Kier alpha value is -3.01. The lowest BCUT2D eigenvalue weighted by atomic mass is 10.1. The second-order valence-corrected chi connectivity index (χ2v) is 8.25. The molecular weight excluding hydrogens is 423 g/mol. The van der Waals surface area contributed by atoms with Gasteiger partial charge in [0.25, 0.3) is 10.0 Å². The number of carbonyl (C=O) groups excluding carboxylic acids is 1. The molecule has 0 aliphatic carbocycles. The van der Waals surface area contributed by atoms with E-state index >= 15 is 0 Å². The van der Waals surface area contributed by atoms with Crippen molar-refractivity contribution in [2.75, 3.05) is 14.2 Å². The number of esters is 1. The Labute approximate surface area is 170 Å². The Morgan fingerprint density at radius 1 is 1.07 bits per heavy atom. The third-order valence-electron chi connectivity index (χ3n) is 4.62. The molecule has 0 radical (unpaired) electrons. The molecular formula is C20H18F3NO5S. The summed E-state index contributed by atoms with van der Waals surface area (Å²) in [5.41, 5.74) is -0.0670. The van der Waals surface area contributed by atoms with E-state index in [-0.39, 0.29) is 17.7 Å². The van der Waals surface area contributed by atoms with Crippen molar-refractivity contribution in [1.82, 2.24) is 3.97 Å².